The van der Waals surface area contributed by atoms with Crippen molar-refractivity contribution in [1.82, 2.24) is 9.97 Å². The fourth-order valence-electron chi connectivity index (χ4n) is 3.52. The molecule has 2 nitrogen and oxygen atoms in total. The van der Waals surface area contributed by atoms with Crippen LogP contribution >= 0.6 is 0 Å². The third-order valence-corrected chi connectivity index (χ3v) is 5.36. The lowest BCUT2D eigenvalue weighted by Gasteiger charge is -2.07. The Bertz CT molecular complexity index is 886. The average Bonchev–Trinajstić information content (AvgIpc) is 2.75. The minimum absolute atomic E-state index is 0.433. The molecule has 1 aromatic heterocycles. The van der Waals surface area contributed by atoms with Gasteiger partial charge >= 0.3 is 0 Å². The predicted octanol–water partition coefficient (Wildman–Crippen LogP) is 7.42. The van der Waals surface area contributed by atoms with E-state index in [-0.39, 0.29) is 0 Å². The van der Waals surface area contributed by atoms with Gasteiger partial charge in [-0.05, 0) is 42.4 Å². The van der Waals surface area contributed by atoms with Crippen LogP contribution in [0.1, 0.15) is 63.5 Å². The topological polar surface area (TPSA) is 25.8 Å². The van der Waals surface area contributed by atoms with E-state index < -0.39 is 5.95 Å². The Morgan fingerprint density at radius 3 is 1.69 bits per heavy atom. The summed E-state index contributed by atoms with van der Waals surface area (Å²) in [7, 11) is 0. The summed E-state index contributed by atoms with van der Waals surface area (Å²) in [5.41, 5.74) is 4.71. The van der Waals surface area contributed by atoms with Crippen LogP contribution in [0.25, 0.3) is 22.5 Å². The van der Waals surface area contributed by atoms with Crippen LogP contribution < -0.4 is 0 Å². The second-order valence-corrected chi connectivity index (χ2v) is 7.71. The van der Waals surface area contributed by atoms with Gasteiger partial charge in [-0.2, -0.15) is 9.37 Å². The molecule has 1 heterocycles. The summed E-state index contributed by atoms with van der Waals surface area (Å²) in [5.74, 6) is -0.0386. The molecule has 0 aliphatic carbocycles. The van der Waals surface area contributed by atoms with Crippen molar-refractivity contribution in [2.24, 2.45) is 0 Å². The van der Waals surface area contributed by atoms with Gasteiger partial charge < -0.3 is 0 Å². The molecule has 0 radical (unpaired) electrons. The summed E-state index contributed by atoms with van der Waals surface area (Å²) >= 11 is 0. The number of benzene rings is 2. The molecule has 2 aromatic carbocycles. The van der Waals surface area contributed by atoms with Crippen LogP contribution in [-0.2, 0) is 12.8 Å². The second kappa shape index (κ2) is 10.8. The Morgan fingerprint density at radius 1 is 0.690 bits per heavy atom. The number of hydrogen-bond acceptors (Lipinski definition) is 2. The van der Waals surface area contributed by atoms with E-state index in [2.05, 4.69) is 48.1 Å². The zero-order valence-corrected chi connectivity index (χ0v) is 17.6. The van der Waals surface area contributed by atoms with Gasteiger partial charge in [0.05, 0.1) is 5.56 Å². The molecule has 0 amide bonds. The van der Waals surface area contributed by atoms with E-state index in [9.17, 15) is 4.39 Å². The molecular weight excluding hydrogens is 359 g/mol. The highest BCUT2D eigenvalue weighted by molar-refractivity contribution is 5.64. The summed E-state index contributed by atoms with van der Waals surface area (Å²) < 4.78 is 14.7. The fraction of sp³-hybridized carbons (Fsp3) is 0.385. The number of aromatic nitrogens is 2. The maximum Gasteiger partial charge on any atom is 0.224 e. The van der Waals surface area contributed by atoms with E-state index in [4.69, 9.17) is 0 Å². The molecule has 0 aliphatic heterocycles. The molecule has 0 aliphatic rings. The van der Waals surface area contributed by atoms with Gasteiger partial charge in [-0.3, -0.25) is 0 Å². The predicted molar refractivity (Wildman–Crippen MR) is 119 cm³/mol. The van der Waals surface area contributed by atoms with Crippen molar-refractivity contribution in [3.05, 3.63) is 71.8 Å². The Labute approximate surface area is 174 Å². The molecule has 0 atom stereocenters. The first-order valence-corrected chi connectivity index (χ1v) is 10.9. The van der Waals surface area contributed by atoms with Gasteiger partial charge in [-0.1, -0.05) is 88.1 Å². The molecule has 0 saturated heterocycles. The molecule has 152 valence electrons. The van der Waals surface area contributed by atoms with E-state index in [1.54, 1.807) is 6.20 Å². The average molecular weight is 391 g/mol. The van der Waals surface area contributed by atoms with E-state index >= 15 is 0 Å². The summed E-state index contributed by atoms with van der Waals surface area (Å²) in [4.78, 5) is 8.55. The lowest BCUT2D eigenvalue weighted by atomic mass is 10.0. The van der Waals surface area contributed by atoms with Crippen molar-refractivity contribution in [2.45, 2.75) is 65.2 Å². The van der Waals surface area contributed by atoms with Crippen molar-refractivity contribution >= 4 is 0 Å². The Balaban J connectivity index is 1.70. The van der Waals surface area contributed by atoms with Crippen molar-refractivity contribution in [2.75, 3.05) is 0 Å². The van der Waals surface area contributed by atoms with Crippen molar-refractivity contribution < 1.29 is 4.39 Å². The first kappa shape index (κ1) is 21.2. The summed E-state index contributed by atoms with van der Waals surface area (Å²) in [6, 6.07) is 16.3. The van der Waals surface area contributed by atoms with Gasteiger partial charge in [0.2, 0.25) is 5.95 Å². The van der Waals surface area contributed by atoms with Crippen molar-refractivity contribution in [1.29, 1.82) is 0 Å². The Morgan fingerprint density at radius 2 is 1.21 bits per heavy atom. The number of aryl methyl sites for hydroxylation is 2. The quantitative estimate of drug-likeness (QED) is 0.266. The van der Waals surface area contributed by atoms with E-state index in [0.29, 0.717) is 11.4 Å². The Kier molecular flexibility index (Phi) is 7.92. The van der Waals surface area contributed by atoms with Crippen LogP contribution in [0.3, 0.4) is 0 Å². The molecule has 0 bridgehead atoms. The summed E-state index contributed by atoms with van der Waals surface area (Å²) in [6.45, 7) is 4.41. The highest BCUT2D eigenvalue weighted by Crippen LogP contribution is 2.25. The molecule has 0 saturated carbocycles. The molecule has 3 aromatic rings. The molecule has 3 rings (SSSR count). The summed E-state index contributed by atoms with van der Waals surface area (Å²) in [5, 5.41) is 0. The van der Waals surface area contributed by atoms with Gasteiger partial charge in [-0.25, -0.2) is 4.98 Å². The van der Waals surface area contributed by atoms with Gasteiger partial charge in [0.15, 0.2) is 5.82 Å². The zero-order valence-electron chi connectivity index (χ0n) is 17.6. The maximum atomic E-state index is 14.7. The van der Waals surface area contributed by atoms with Gasteiger partial charge in [0.25, 0.3) is 0 Å². The molecule has 29 heavy (non-hydrogen) atoms. The SMILES string of the molecule is CCCCCc1ccc(-c2ncc(-c3ccc(CCCCC)cc3)c(F)n2)cc1. The van der Waals surface area contributed by atoms with Crippen LogP contribution in [-0.4, -0.2) is 9.97 Å². The number of nitrogens with zero attached hydrogens (tertiary/aromatic N) is 2. The zero-order chi connectivity index (χ0) is 20.5. The molecule has 0 spiro atoms. The highest BCUT2D eigenvalue weighted by atomic mass is 19.1. The van der Waals surface area contributed by atoms with Crippen molar-refractivity contribution in [3.8, 4) is 22.5 Å². The van der Waals surface area contributed by atoms with E-state index in [0.717, 1.165) is 24.0 Å². The van der Waals surface area contributed by atoms with Crippen molar-refractivity contribution in [3.63, 3.8) is 0 Å². The number of hydrogen-bond donors (Lipinski definition) is 0. The van der Waals surface area contributed by atoms with Crippen LogP contribution in [0.4, 0.5) is 4.39 Å². The molecule has 0 N–H and O–H groups in total. The van der Waals surface area contributed by atoms with Crippen LogP contribution in [0.2, 0.25) is 0 Å². The lowest BCUT2D eigenvalue weighted by Crippen LogP contribution is -1.96. The maximum absolute atomic E-state index is 14.7. The molecule has 3 heteroatoms. The third kappa shape index (κ3) is 5.96. The number of halogens is 1. The van der Waals surface area contributed by atoms with Crippen LogP contribution in [0.5, 0.6) is 0 Å². The fourth-order valence-corrected chi connectivity index (χ4v) is 3.52. The first-order valence-electron chi connectivity index (χ1n) is 10.9. The largest absolute Gasteiger partial charge is 0.236 e. The van der Waals surface area contributed by atoms with Gasteiger partial charge in [0.1, 0.15) is 0 Å². The minimum atomic E-state index is -0.472. The summed E-state index contributed by atoms with van der Waals surface area (Å²) in [6.07, 6.45) is 11.1. The van der Waals surface area contributed by atoms with E-state index in [1.807, 2.05) is 24.3 Å². The Hall–Kier alpha value is -2.55. The minimum Gasteiger partial charge on any atom is -0.236 e. The number of rotatable bonds is 10. The lowest BCUT2D eigenvalue weighted by molar-refractivity contribution is 0.585. The number of unbranched alkanes of at least 4 members (excludes halogenated alkanes) is 4. The first-order chi connectivity index (χ1) is 14.2. The highest BCUT2D eigenvalue weighted by Gasteiger charge is 2.11. The normalized spacial score (nSPS) is 11.0. The second-order valence-electron chi connectivity index (χ2n) is 7.71. The van der Waals surface area contributed by atoms with E-state index in [1.165, 1.54) is 49.7 Å². The standard InChI is InChI=1S/C26H31FN2/c1-3-5-7-9-20-11-15-22(16-12-20)24-19-28-26(29-25(24)27)23-17-13-21(14-18-23)10-8-6-4-2/h11-19H,3-10H2,1-2H3. The monoisotopic (exact) mass is 390 g/mol. The van der Waals surface area contributed by atoms with Crippen LogP contribution in [0.15, 0.2) is 54.7 Å². The molecule has 0 fully saturated rings. The molecular formula is C26H31FN2. The van der Waals surface area contributed by atoms with Gasteiger partial charge in [-0.15, -0.1) is 0 Å². The smallest absolute Gasteiger partial charge is 0.224 e. The van der Waals surface area contributed by atoms with Crippen LogP contribution in [0, 0.1) is 5.95 Å². The van der Waals surface area contributed by atoms with Gasteiger partial charge in [0, 0.05) is 11.8 Å². The third-order valence-electron chi connectivity index (χ3n) is 5.36. The molecule has 0 unspecified atom stereocenters.